The Bertz CT molecular complexity index is 877. The van der Waals surface area contributed by atoms with E-state index in [1.165, 1.54) is 0 Å². The lowest BCUT2D eigenvalue weighted by Gasteiger charge is -2.20. The first-order valence-corrected chi connectivity index (χ1v) is 10.8. The summed E-state index contributed by atoms with van der Waals surface area (Å²) in [5.41, 5.74) is 4.27. The first-order chi connectivity index (χ1) is 13.8. The molecule has 1 saturated heterocycles. The van der Waals surface area contributed by atoms with E-state index >= 15 is 0 Å². The highest BCUT2D eigenvalue weighted by Gasteiger charge is 2.33. The number of benzene rings is 2. The molecule has 1 amide bonds. The third kappa shape index (κ3) is 6.52. The number of nitrogens with zero attached hydrogens (tertiary/aromatic N) is 1. The zero-order valence-electron chi connectivity index (χ0n) is 15.6. The quantitative estimate of drug-likeness (QED) is 0.390. The molecule has 154 valence electrons. The zero-order chi connectivity index (χ0) is 20.9. The molecule has 2 aromatic rings. The maximum absolute atomic E-state index is 12.0. The van der Waals surface area contributed by atoms with Crippen LogP contribution in [0.4, 0.5) is 0 Å². The second-order valence-electron chi connectivity index (χ2n) is 6.53. The SMILES string of the molecule is CC1(CC(=O)N/N=C\c2cc(Br)c(OCc3ccc(Cl)cc3)c(Br)c2)OCCO1. The smallest absolute Gasteiger partial charge is 0.245 e. The van der Waals surface area contributed by atoms with E-state index in [2.05, 4.69) is 42.4 Å². The molecule has 9 heteroatoms. The van der Waals surface area contributed by atoms with Crippen molar-refractivity contribution in [1.82, 2.24) is 5.43 Å². The number of rotatable bonds is 7. The van der Waals surface area contributed by atoms with Gasteiger partial charge in [-0.05, 0) is 74.2 Å². The number of hydrogen-bond donors (Lipinski definition) is 1. The van der Waals surface area contributed by atoms with Gasteiger partial charge >= 0.3 is 0 Å². The normalized spacial score (nSPS) is 15.6. The van der Waals surface area contributed by atoms with Gasteiger partial charge in [0.1, 0.15) is 12.4 Å². The number of hydrogen-bond acceptors (Lipinski definition) is 5. The van der Waals surface area contributed by atoms with E-state index < -0.39 is 5.79 Å². The van der Waals surface area contributed by atoms with E-state index in [-0.39, 0.29) is 12.3 Å². The molecule has 1 fully saturated rings. The second kappa shape index (κ2) is 10.0. The Kier molecular flexibility index (Phi) is 7.70. The molecule has 0 saturated carbocycles. The Balaban J connectivity index is 1.57. The Morgan fingerprint density at radius 1 is 1.24 bits per heavy atom. The lowest BCUT2D eigenvalue weighted by molar-refractivity contribution is -0.159. The largest absolute Gasteiger partial charge is 0.487 e. The van der Waals surface area contributed by atoms with E-state index in [9.17, 15) is 4.79 Å². The first-order valence-electron chi connectivity index (χ1n) is 8.81. The van der Waals surface area contributed by atoms with Crippen molar-refractivity contribution in [2.24, 2.45) is 5.10 Å². The molecule has 2 aromatic carbocycles. The van der Waals surface area contributed by atoms with Crippen molar-refractivity contribution in [2.75, 3.05) is 13.2 Å². The predicted octanol–water partition coefficient (Wildman–Crippen LogP) is 5.05. The van der Waals surface area contributed by atoms with Crippen molar-refractivity contribution < 1.29 is 19.0 Å². The van der Waals surface area contributed by atoms with Gasteiger partial charge in [-0.25, -0.2) is 5.43 Å². The average molecular weight is 547 g/mol. The average Bonchev–Trinajstić information content (AvgIpc) is 3.08. The molecule has 3 rings (SSSR count). The highest BCUT2D eigenvalue weighted by molar-refractivity contribution is 9.11. The fraction of sp³-hybridized carbons (Fsp3) is 0.300. The number of carbonyl (C=O) groups is 1. The van der Waals surface area contributed by atoms with E-state index in [4.69, 9.17) is 25.8 Å². The molecule has 6 nitrogen and oxygen atoms in total. The monoisotopic (exact) mass is 544 g/mol. The predicted molar refractivity (Wildman–Crippen MR) is 118 cm³/mol. The van der Waals surface area contributed by atoms with Gasteiger partial charge in [-0.3, -0.25) is 4.79 Å². The second-order valence-corrected chi connectivity index (χ2v) is 8.67. The van der Waals surface area contributed by atoms with Gasteiger partial charge < -0.3 is 14.2 Å². The van der Waals surface area contributed by atoms with Crippen LogP contribution in [-0.2, 0) is 20.9 Å². The molecule has 0 aliphatic carbocycles. The summed E-state index contributed by atoms with van der Waals surface area (Å²) in [6.07, 6.45) is 1.63. The number of carbonyl (C=O) groups excluding carboxylic acids is 1. The molecule has 29 heavy (non-hydrogen) atoms. The van der Waals surface area contributed by atoms with Gasteiger partial charge in [0.25, 0.3) is 0 Å². The van der Waals surface area contributed by atoms with Crippen LogP contribution in [0.15, 0.2) is 50.4 Å². The molecule has 1 aliphatic rings. The molecule has 0 spiro atoms. The minimum atomic E-state index is -0.880. The first kappa shape index (κ1) is 22.2. The third-order valence-corrected chi connectivity index (χ3v) is 5.53. The van der Waals surface area contributed by atoms with Crippen LogP contribution in [0.1, 0.15) is 24.5 Å². The van der Waals surface area contributed by atoms with Crippen LogP contribution in [0.2, 0.25) is 5.02 Å². The minimum Gasteiger partial charge on any atom is -0.487 e. The fourth-order valence-corrected chi connectivity index (χ4v) is 4.27. The van der Waals surface area contributed by atoms with Crippen LogP contribution in [-0.4, -0.2) is 31.1 Å². The topological polar surface area (TPSA) is 69.2 Å². The van der Waals surface area contributed by atoms with Crippen molar-refractivity contribution in [3.63, 3.8) is 0 Å². The van der Waals surface area contributed by atoms with E-state index in [1.807, 2.05) is 36.4 Å². The number of amides is 1. The van der Waals surface area contributed by atoms with Gasteiger partial charge in [-0.15, -0.1) is 0 Å². The maximum Gasteiger partial charge on any atom is 0.245 e. The van der Waals surface area contributed by atoms with Crippen molar-refractivity contribution in [3.05, 3.63) is 61.5 Å². The number of hydrazone groups is 1. The molecular formula is C20H19Br2ClN2O4. The van der Waals surface area contributed by atoms with E-state index in [0.717, 1.165) is 20.1 Å². The fourth-order valence-electron chi connectivity index (χ4n) is 2.70. The van der Waals surface area contributed by atoms with Crippen LogP contribution >= 0.6 is 43.5 Å². The van der Waals surface area contributed by atoms with Gasteiger partial charge in [-0.1, -0.05) is 23.7 Å². The zero-order valence-corrected chi connectivity index (χ0v) is 19.5. The minimum absolute atomic E-state index is 0.0786. The van der Waals surface area contributed by atoms with Crippen molar-refractivity contribution >= 4 is 55.6 Å². The van der Waals surface area contributed by atoms with E-state index in [0.29, 0.717) is 30.6 Å². The molecule has 0 radical (unpaired) electrons. The summed E-state index contributed by atoms with van der Waals surface area (Å²) in [5.74, 6) is -0.495. The molecule has 0 bridgehead atoms. The Hall–Kier alpha value is -1.45. The summed E-state index contributed by atoms with van der Waals surface area (Å²) in [4.78, 5) is 12.0. The molecular weight excluding hydrogens is 527 g/mol. The Morgan fingerprint density at radius 3 is 2.48 bits per heavy atom. The maximum atomic E-state index is 12.0. The van der Waals surface area contributed by atoms with Crippen LogP contribution in [0, 0.1) is 0 Å². The van der Waals surface area contributed by atoms with Gasteiger partial charge in [0.05, 0.1) is 34.8 Å². The van der Waals surface area contributed by atoms with Gasteiger partial charge in [0.2, 0.25) is 5.91 Å². The van der Waals surface area contributed by atoms with Gasteiger partial charge in [0.15, 0.2) is 5.79 Å². The molecule has 1 aliphatic heterocycles. The summed E-state index contributed by atoms with van der Waals surface area (Å²) in [5, 5.41) is 4.68. The molecule has 0 aromatic heterocycles. The summed E-state index contributed by atoms with van der Waals surface area (Å²) >= 11 is 12.9. The Morgan fingerprint density at radius 2 is 1.86 bits per heavy atom. The standard InChI is InChI=1S/C20H19Br2ClN2O4/c1-20(28-6-7-29-20)10-18(26)25-24-11-14-8-16(21)19(17(22)9-14)27-12-13-2-4-15(23)5-3-13/h2-5,8-9,11H,6-7,10,12H2,1H3,(H,25,26)/b24-11-. The van der Waals surface area contributed by atoms with Gasteiger partial charge in [0, 0.05) is 5.02 Å². The third-order valence-electron chi connectivity index (χ3n) is 4.10. The van der Waals surface area contributed by atoms with Crippen molar-refractivity contribution in [3.8, 4) is 5.75 Å². The molecule has 0 atom stereocenters. The molecule has 1 heterocycles. The summed E-state index contributed by atoms with van der Waals surface area (Å²) in [6, 6.07) is 11.2. The van der Waals surface area contributed by atoms with Crippen LogP contribution in [0.3, 0.4) is 0 Å². The highest BCUT2D eigenvalue weighted by Crippen LogP contribution is 2.35. The van der Waals surface area contributed by atoms with Crippen molar-refractivity contribution in [2.45, 2.75) is 25.7 Å². The number of halogens is 3. The van der Waals surface area contributed by atoms with Crippen LogP contribution in [0.5, 0.6) is 5.75 Å². The lowest BCUT2D eigenvalue weighted by Crippen LogP contribution is -2.33. The summed E-state index contributed by atoms with van der Waals surface area (Å²) in [6.45, 7) is 3.12. The molecule has 1 N–H and O–H groups in total. The summed E-state index contributed by atoms with van der Waals surface area (Å²) < 4.78 is 18.2. The highest BCUT2D eigenvalue weighted by atomic mass is 79.9. The van der Waals surface area contributed by atoms with Crippen LogP contribution < -0.4 is 10.2 Å². The number of nitrogens with one attached hydrogen (secondary N) is 1. The number of ether oxygens (including phenoxy) is 3. The van der Waals surface area contributed by atoms with Crippen LogP contribution in [0.25, 0.3) is 0 Å². The lowest BCUT2D eigenvalue weighted by atomic mass is 10.2. The van der Waals surface area contributed by atoms with Gasteiger partial charge in [-0.2, -0.15) is 5.10 Å². The van der Waals surface area contributed by atoms with Crippen molar-refractivity contribution in [1.29, 1.82) is 0 Å². The van der Waals surface area contributed by atoms with E-state index in [1.54, 1.807) is 13.1 Å². The summed E-state index contributed by atoms with van der Waals surface area (Å²) in [7, 11) is 0. The molecule has 0 unspecified atom stereocenters. The Labute approximate surface area is 190 Å².